The van der Waals surface area contributed by atoms with Gasteiger partial charge < -0.3 is 21.1 Å². The van der Waals surface area contributed by atoms with Gasteiger partial charge in [-0.05, 0) is 24.1 Å². The number of benzene rings is 2. The fourth-order valence-electron chi connectivity index (χ4n) is 3.09. The van der Waals surface area contributed by atoms with Gasteiger partial charge >= 0.3 is 6.36 Å². The summed E-state index contributed by atoms with van der Waals surface area (Å²) in [5.41, 5.74) is 6.91. The van der Waals surface area contributed by atoms with Crippen LogP contribution in [0.1, 0.15) is 29.7 Å². The van der Waals surface area contributed by atoms with Crippen LogP contribution in [0.4, 0.5) is 29.2 Å². The number of alkyl halides is 3. The molecule has 3 rings (SSSR count). The lowest BCUT2D eigenvalue weighted by Gasteiger charge is -2.20. The second kappa shape index (κ2) is 10.2. The highest BCUT2D eigenvalue weighted by Gasteiger charge is 2.32. The first-order chi connectivity index (χ1) is 15.6. The molecule has 1 atom stereocenters. The maximum Gasteiger partial charge on any atom is 0.573 e. The zero-order valence-corrected chi connectivity index (χ0v) is 17.5. The molecule has 0 aliphatic carbocycles. The number of carbonyl (C=O) groups is 1. The summed E-state index contributed by atoms with van der Waals surface area (Å²) in [6.07, 6.45) is -3.60. The standard InChI is InChI=1S/C22H21F4N5O2/c1-13(16-4-2-3-5-17(16)33-22(24,25)26)31-21-19(23)20(29-12-30-21)28-11-15-8-6-14(7-9-15)10-18(27)32/h2-9,12-13H,10-11H2,1H3,(H2,27,32)(H2,28,29,30,31). The van der Waals surface area contributed by atoms with Crippen LogP contribution in [-0.2, 0) is 17.8 Å². The molecular formula is C22H21F4N5O2. The molecule has 1 amide bonds. The van der Waals surface area contributed by atoms with Crippen LogP contribution < -0.4 is 21.1 Å². The molecule has 0 spiro atoms. The van der Waals surface area contributed by atoms with E-state index in [1.807, 2.05) is 0 Å². The summed E-state index contributed by atoms with van der Waals surface area (Å²) < 4.78 is 57.0. The van der Waals surface area contributed by atoms with Crippen molar-refractivity contribution in [1.82, 2.24) is 9.97 Å². The number of aromatic nitrogens is 2. The van der Waals surface area contributed by atoms with Crippen LogP contribution in [0.25, 0.3) is 0 Å². The Balaban J connectivity index is 1.70. The molecule has 0 saturated heterocycles. The van der Waals surface area contributed by atoms with Gasteiger partial charge in [-0.2, -0.15) is 4.39 Å². The minimum atomic E-state index is -4.86. The molecule has 33 heavy (non-hydrogen) atoms. The van der Waals surface area contributed by atoms with E-state index in [1.54, 1.807) is 37.3 Å². The van der Waals surface area contributed by atoms with Crippen LogP contribution >= 0.6 is 0 Å². The molecule has 0 bridgehead atoms. The minimum absolute atomic E-state index is 0.0826. The first kappa shape index (κ1) is 23.8. The monoisotopic (exact) mass is 463 g/mol. The molecule has 1 heterocycles. The number of carbonyl (C=O) groups excluding carboxylic acids is 1. The molecule has 3 aromatic rings. The number of primary amides is 1. The number of nitrogens with two attached hydrogens (primary N) is 1. The number of amides is 1. The lowest BCUT2D eigenvalue weighted by atomic mass is 10.1. The zero-order chi connectivity index (χ0) is 24.0. The number of nitrogens with one attached hydrogen (secondary N) is 2. The van der Waals surface area contributed by atoms with E-state index in [-0.39, 0.29) is 30.2 Å². The van der Waals surface area contributed by atoms with Gasteiger partial charge in [0.05, 0.1) is 12.5 Å². The molecule has 1 unspecified atom stereocenters. The Morgan fingerprint density at radius 1 is 1.06 bits per heavy atom. The Hall–Kier alpha value is -3.89. The van der Waals surface area contributed by atoms with Gasteiger partial charge in [0.25, 0.3) is 0 Å². The Bertz CT molecular complexity index is 1110. The van der Waals surface area contributed by atoms with Crippen LogP contribution in [0.2, 0.25) is 0 Å². The zero-order valence-electron chi connectivity index (χ0n) is 17.5. The molecule has 0 radical (unpaired) electrons. The van der Waals surface area contributed by atoms with Crippen LogP contribution in [-0.4, -0.2) is 22.2 Å². The van der Waals surface area contributed by atoms with Crippen molar-refractivity contribution in [3.63, 3.8) is 0 Å². The van der Waals surface area contributed by atoms with E-state index in [1.165, 1.54) is 18.2 Å². The van der Waals surface area contributed by atoms with Crippen molar-refractivity contribution in [3.8, 4) is 5.75 Å². The topological polar surface area (TPSA) is 102 Å². The minimum Gasteiger partial charge on any atom is -0.405 e. The highest BCUT2D eigenvalue weighted by molar-refractivity contribution is 5.76. The summed E-state index contributed by atoms with van der Waals surface area (Å²) in [5, 5.41) is 5.61. The Kier molecular flexibility index (Phi) is 7.31. The molecule has 0 aliphatic heterocycles. The van der Waals surface area contributed by atoms with Crippen LogP contribution in [0.15, 0.2) is 54.9 Å². The maximum atomic E-state index is 14.9. The summed E-state index contributed by atoms with van der Waals surface area (Å²) in [4.78, 5) is 18.7. The third-order valence-corrected chi connectivity index (χ3v) is 4.62. The fraction of sp³-hybridized carbons (Fsp3) is 0.227. The second-order valence-corrected chi connectivity index (χ2v) is 7.15. The average Bonchev–Trinajstić information content (AvgIpc) is 2.74. The Morgan fingerprint density at radius 2 is 1.70 bits per heavy atom. The third-order valence-electron chi connectivity index (χ3n) is 4.62. The second-order valence-electron chi connectivity index (χ2n) is 7.15. The smallest absolute Gasteiger partial charge is 0.405 e. The van der Waals surface area contributed by atoms with Crippen molar-refractivity contribution in [3.05, 3.63) is 77.4 Å². The van der Waals surface area contributed by atoms with E-state index in [2.05, 4.69) is 25.3 Å². The van der Waals surface area contributed by atoms with Crippen molar-refractivity contribution in [2.75, 3.05) is 10.6 Å². The first-order valence-electron chi connectivity index (χ1n) is 9.84. The van der Waals surface area contributed by atoms with E-state index >= 15 is 0 Å². The Labute approximate surface area is 187 Å². The van der Waals surface area contributed by atoms with Gasteiger partial charge in [0.1, 0.15) is 12.1 Å². The Morgan fingerprint density at radius 3 is 2.36 bits per heavy atom. The number of para-hydroxylation sites is 1. The average molecular weight is 463 g/mol. The predicted molar refractivity (Wildman–Crippen MR) is 114 cm³/mol. The number of ether oxygens (including phenoxy) is 1. The summed E-state index contributed by atoms with van der Waals surface area (Å²) in [5.74, 6) is -1.88. The van der Waals surface area contributed by atoms with Gasteiger partial charge in [-0.3, -0.25) is 4.79 Å². The lowest BCUT2D eigenvalue weighted by Crippen LogP contribution is -2.20. The van der Waals surface area contributed by atoms with Gasteiger partial charge in [-0.1, -0.05) is 42.5 Å². The molecule has 0 aliphatic rings. The van der Waals surface area contributed by atoms with Crippen molar-refractivity contribution in [2.45, 2.75) is 32.3 Å². The van der Waals surface area contributed by atoms with Gasteiger partial charge in [-0.25, -0.2) is 9.97 Å². The SMILES string of the molecule is CC(Nc1ncnc(NCc2ccc(CC(N)=O)cc2)c1F)c1ccccc1OC(F)(F)F. The number of rotatable bonds is 9. The predicted octanol–water partition coefficient (Wildman–Crippen LogP) is 4.33. The lowest BCUT2D eigenvalue weighted by molar-refractivity contribution is -0.274. The highest BCUT2D eigenvalue weighted by Crippen LogP contribution is 2.32. The third kappa shape index (κ3) is 6.79. The van der Waals surface area contributed by atoms with E-state index in [9.17, 15) is 22.4 Å². The molecule has 174 valence electrons. The van der Waals surface area contributed by atoms with Crippen LogP contribution in [0.5, 0.6) is 5.75 Å². The molecule has 4 N–H and O–H groups in total. The summed E-state index contributed by atoms with van der Waals surface area (Å²) in [6.45, 7) is 1.79. The van der Waals surface area contributed by atoms with E-state index in [0.717, 1.165) is 17.5 Å². The molecule has 1 aromatic heterocycles. The quantitative estimate of drug-likeness (QED) is 0.409. The van der Waals surface area contributed by atoms with Crippen molar-refractivity contribution in [1.29, 1.82) is 0 Å². The van der Waals surface area contributed by atoms with Crippen molar-refractivity contribution < 1.29 is 27.1 Å². The summed E-state index contributed by atoms with van der Waals surface area (Å²) >= 11 is 0. The number of hydrogen-bond acceptors (Lipinski definition) is 6. The first-order valence-corrected chi connectivity index (χ1v) is 9.84. The fourth-order valence-corrected chi connectivity index (χ4v) is 3.09. The highest BCUT2D eigenvalue weighted by atomic mass is 19.4. The molecule has 0 fully saturated rings. The van der Waals surface area contributed by atoms with Gasteiger partial charge in [0, 0.05) is 12.1 Å². The molecule has 0 saturated carbocycles. The van der Waals surface area contributed by atoms with Gasteiger partial charge in [-0.15, -0.1) is 13.2 Å². The normalized spacial score (nSPS) is 12.2. The molecule has 7 nitrogen and oxygen atoms in total. The van der Waals surface area contributed by atoms with E-state index in [0.29, 0.717) is 0 Å². The van der Waals surface area contributed by atoms with Crippen molar-refractivity contribution >= 4 is 17.5 Å². The number of anilines is 2. The van der Waals surface area contributed by atoms with Crippen molar-refractivity contribution in [2.24, 2.45) is 5.73 Å². The number of nitrogens with zero attached hydrogens (tertiary/aromatic N) is 2. The largest absolute Gasteiger partial charge is 0.573 e. The maximum absolute atomic E-state index is 14.9. The number of halogens is 4. The van der Waals surface area contributed by atoms with Gasteiger partial charge in [0.15, 0.2) is 11.6 Å². The van der Waals surface area contributed by atoms with Crippen LogP contribution in [0, 0.1) is 5.82 Å². The van der Waals surface area contributed by atoms with E-state index in [4.69, 9.17) is 5.73 Å². The molecular weight excluding hydrogens is 442 g/mol. The summed E-state index contributed by atoms with van der Waals surface area (Å²) in [7, 11) is 0. The molecule has 2 aromatic carbocycles. The van der Waals surface area contributed by atoms with Gasteiger partial charge in [0.2, 0.25) is 11.7 Å². The van der Waals surface area contributed by atoms with Crippen LogP contribution in [0.3, 0.4) is 0 Å². The summed E-state index contributed by atoms with van der Waals surface area (Å²) in [6, 6.07) is 11.9. The number of hydrogen-bond donors (Lipinski definition) is 3. The molecule has 11 heteroatoms. The van der Waals surface area contributed by atoms with E-state index < -0.39 is 29.9 Å².